The summed E-state index contributed by atoms with van der Waals surface area (Å²) in [6.07, 6.45) is 0. The second-order valence-corrected chi connectivity index (χ2v) is 4.35. The first kappa shape index (κ1) is 13.4. The Morgan fingerprint density at radius 2 is 2.12 bits per heavy atom. The summed E-state index contributed by atoms with van der Waals surface area (Å²) in [5.74, 6) is 0.908. The maximum absolute atomic E-state index is 11.6. The molecule has 94 valence electrons. The van der Waals surface area contributed by atoms with Crippen LogP contribution in [-0.2, 0) is 6.54 Å². The number of aromatic nitrogens is 1. The summed E-state index contributed by atoms with van der Waals surface area (Å²) in [6.45, 7) is 6.43. The number of carbonyl (C=O) groups excluding carboxylic acids is 1. The van der Waals surface area contributed by atoms with Gasteiger partial charge < -0.3 is 11.1 Å². The van der Waals surface area contributed by atoms with Crippen molar-refractivity contribution in [2.75, 3.05) is 5.32 Å². The fourth-order valence-electron chi connectivity index (χ4n) is 1.19. The Hall–Kier alpha value is -1.62. The normalized spacial score (nSPS) is 12.3. The largest absolute Gasteiger partial charge is 0.335 e. The molecule has 0 saturated heterocycles. The molecule has 0 saturated carbocycles. The molecule has 1 rings (SSSR count). The number of anilines is 1. The van der Waals surface area contributed by atoms with E-state index in [0.29, 0.717) is 18.3 Å². The van der Waals surface area contributed by atoms with Crippen molar-refractivity contribution >= 4 is 11.8 Å². The fraction of sp³-hybridized carbons (Fsp3) is 0.500. The van der Waals surface area contributed by atoms with Crippen LogP contribution in [-0.4, -0.2) is 17.1 Å². The van der Waals surface area contributed by atoms with Gasteiger partial charge in [-0.15, -0.1) is 0 Å². The lowest BCUT2D eigenvalue weighted by Gasteiger charge is -2.17. The lowest BCUT2D eigenvalue weighted by molar-refractivity contribution is 0.246. The minimum atomic E-state index is -0.243. The predicted molar refractivity (Wildman–Crippen MR) is 68.6 cm³/mol. The molecule has 1 atom stereocenters. The van der Waals surface area contributed by atoms with Crippen LogP contribution < -0.4 is 16.4 Å². The van der Waals surface area contributed by atoms with Crippen LogP contribution in [0.3, 0.4) is 0 Å². The van der Waals surface area contributed by atoms with Crippen molar-refractivity contribution in [2.24, 2.45) is 11.7 Å². The molecule has 0 radical (unpaired) electrons. The molecular weight excluding hydrogens is 216 g/mol. The monoisotopic (exact) mass is 236 g/mol. The third-order valence-electron chi connectivity index (χ3n) is 2.62. The smallest absolute Gasteiger partial charge is 0.320 e. The number of nitrogens with one attached hydrogen (secondary N) is 2. The van der Waals surface area contributed by atoms with E-state index >= 15 is 0 Å². The van der Waals surface area contributed by atoms with Gasteiger partial charge in [-0.3, -0.25) is 5.32 Å². The summed E-state index contributed by atoms with van der Waals surface area (Å²) in [5, 5.41) is 5.53. The number of pyridine rings is 1. The first-order valence-corrected chi connectivity index (χ1v) is 5.76. The van der Waals surface area contributed by atoms with Crippen molar-refractivity contribution in [2.45, 2.75) is 33.4 Å². The predicted octanol–water partition coefficient (Wildman–Crippen LogP) is 1.71. The molecule has 0 spiro atoms. The molecule has 1 aromatic heterocycles. The zero-order valence-electron chi connectivity index (χ0n) is 10.5. The van der Waals surface area contributed by atoms with Crippen LogP contribution >= 0.6 is 0 Å². The zero-order valence-corrected chi connectivity index (χ0v) is 10.5. The summed E-state index contributed by atoms with van der Waals surface area (Å²) in [7, 11) is 0. The minimum absolute atomic E-state index is 0.118. The highest BCUT2D eigenvalue weighted by Gasteiger charge is 2.10. The first-order chi connectivity index (χ1) is 8.02. The van der Waals surface area contributed by atoms with E-state index in [0.717, 1.165) is 5.69 Å². The molecule has 5 nitrogen and oxygen atoms in total. The molecule has 1 aromatic rings. The molecule has 0 aliphatic heterocycles. The maximum Gasteiger partial charge on any atom is 0.320 e. The number of rotatable bonds is 4. The van der Waals surface area contributed by atoms with Crippen LogP contribution in [0.25, 0.3) is 0 Å². The van der Waals surface area contributed by atoms with Crippen LogP contribution in [0, 0.1) is 5.92 Å². The molecule has 0 aliphatic rings. The summed E-state index contributed by atoms with van der Waals surface area (Å²) < 4.78 is 0. The Morgan fingerprint density at radius 3 is 2.71 bits per heavy atom. The van der Waals surface area contributed by atoms with Gasteiger partial charge in [0.1, 0.15) is 5.82 Å². The van der Waals surface area contributed by atoms with Crippen molar-refractivity contribution < 1.29 is 4.79 Å². The average Bonchev–Trinajstić information content (AvgIpc) is 2.28. The van der Waals surface area contributed by atoms with Gasteiger partial charge in [0.05, 0.1) is 5.69 Å². The second-order valence-electron chi connectivity index (χ2n) is 4.35. The van der Waals surface area contributed by atoms with E-state index in [4.69, 9.17) is 5.73 Å². The number of nitrogens with two attached hydrogens (primary N) is 1. The molecule has 0 aliphatic carbocycles. The lowest BCUT2D eigenvalue weighted by atomic mass is 10.1. The van der Waals surface area contributed by atoms with E-state index < -0.39 is 0 Å². The van der Waals surface area contributed by atoms with Gasteiger partial charge in [-0.25, -0.2) is 9.78 Å². The molecule has 4 N–H and O–H groups in total. The Bertz CT molecular complexity index is 379. The third-order valence-corrected chi connectivity index (χ3v) is 2.62. The van der Waals surface area contributed by atoms with Crippen LogP contribution in [0.4, 0.5) is 10.6 Å². The fourth-order valence-corrected chi connectivity index (χ4v) is 1.19. The topological polar surface area (TPSA) is 80.0 Å². The van der Waals surface area contributed by atoms with Crippen LogP contribution in [0.5, 0.6) is 0 Å². The van der Waals surface area contributed by atoms with Crippen molar-refractivity contribution in [1.29, 1.82) is 0 Å². The van der Waals surface area contributed by atoms with Gasteiger partial charge in [0.25, 0.3) is 0 Å². The van der Waals surface area contributed by atoms with Gasteiger partial charge in [-0.1, -0.05) is 19.9 Å². The number of carbonyl (C=O) groups is 1. The number of nitrogens with zero attached hydrogens (tertiary/aromatic N) is 1. The first-order valence-electron chi connectivity index (χ1n) is 5.76. The Kier molecular flexibility index (Phi) is 4.90. The Balaban J connectivity index is 2.55. The highest BCUT2D eigenvalue weighted by Crippen LogP contribution is 2.05. The average molecular weight is 236 g/mol. The van der Waals surface area contributed by atoms with Crippen molar-refractivity contribution in [1.82, 2.24) is 10.3 Å². The second kappa shape index (κ2) is 6.20. The van der Waals surface area contributed by atoms with Crippen molar-refractivity contribution in [3.8, 4) is 0 Å². The molecule has 1 unspecified atom stereocenters. The van der Waals surface area contributed by atoms with Crippen LogP contribution in [0.2, 0.25) is 0 Å². The number of hydrogen-bond donors (Lipinski definition) is 3. The van der Waals surface area contributed by atoms with E-state index in [9.17, 15) is 4.79 Å². The van der Waals surface area contributed by atoms with E-state index in [-0.39, 0.29) is 12.1 Å². The maximum atomic E-state index is 11.6. The van der Waals surface area contributed by atoms with Crippen LogP contribution in [0.15, 0.2) is 18.2 Å². The molecule has 5 heteroatoms. The molecule has 2 amide bonds. The van der Waals surface area contributed by atoms with Crippen molar-refractivity contribution in [3.63, 3.8) is 0 Å². The number of amides is 2. The number of urea groups is 1. The highest BCUT2D eigenvalue weighted by molar-refractivity contribution is 5.88. The molecular formula is C12H20N4O. The van der Waals surface area contributed by atoms with Gasteiger partial charge in [-0.05, 0) is 25.0 Å². The minimum Gasteiger partial charge on any atom is -0.335 e. The summed E-state index contributed by atoms with van der Waals surface area (Å²) >= 11 is 0. The van der Waals surface area contributed by atoms with E-state index in [1.807, 2.05) is 19.1 Å². The van der Waals surface area contributed by atoms with Gasteiger partial charge in [0.2, 0.25) is 0 Å². The standard InChI is InChI=1S/C12H20N4O/c1-8(2)9(3)14-12(17)16-11-6-4-5-10(7-13)15-11/h4-6,8-9H,7,13H2,1-3H3,(H2,14,15,16,17). The summed E-state index contributed by atoms with van der Waals surface area (Å²) in [5.41, 5.74) is 6.23. The van der Waals surface area contributed by atoms with E-state index in [2.05, 4.69) is 29.5 Å². The van der Waals surface area contributed by atoms with Gasteiger partial charge in [-0.2, -0.15) is 0 Å². The Labute approximate surface area is 102 Å². The van der Waals surface area contributed by atoms with Gasteiger partial charge in [0, 0.05) is 12.6 Å². The van der Waals surface area contributed by atoms with Crippen molar-refractivity contribution in [3.05, 3.63) is 23.9 Å². The zero-order chi connectivity index (χ0) is 12.8. The SMILES string of the molecule is CC(C)C(C)NC(=O)Nc1cccc(CN)n1. The third kappa shape index (κ3) is 4.40. The molecule has 17 heavy (non-hydrogen) atoms. The summed E-state index contributed by atoms with van der Waals surface area (Å²) in [6, 6.07) is 5.25. The van der Waals surface area contributed by atoms with E-state index in [1.165, 1.54) is 0 Å². The molecule has 0 bridgehead atoms. The quantitative estimate of drug-likeness (QED) is 0.744. The molecule has 0 fully saturated rings. The number of hydrogen-bond acceptors (Lipinski definition) is 3. The molecule has 0 aromatic carbocycles. The summed E-state index contributed by atoms with van der Waals surface area (Å²) in [4.78, 5) is 15.8. The van der Waals surface area contributed by atoms with Crippen LogP contribution in [0.1, 0.15) is 26.5 Å². The molecule has 1 heterocycles. The van der Waals surface area contributed by atoms with Gasteiger partial charge in [0.15, 0.2) is 0 Å². The highest BCUT2D eigenvalue weighted by atomic mass is 16.2. The van der Waals surface area contributed by atoms with Gasteiger partial charge >= 0.3 is 6.03 Å². The Morgan fingerprint density at radius 1 is 1.41 bits per heavy atom. The lowest BCUT2D eigenvalue weighted by Crippen LogP contribution is -2.39. The van der Waals surface area contributed by atoms with E-state index in [1.54, 1.807) is 6.07 Å².